The highest BCUT2D eigenvalue weighted by Crippen LogP contribution is 2.26. The highest BCUT2D eigenvalue weighted by atomic mass is 16.5. The van der Waals surface area contributed by atoms with Gasteiger partial charge >= 0.3 is 0 Å². The molecule has 0 bridgehead atoms. The molecule has 1 fully saturated rings. The lowest BCUT2D eigenvalue weighted by molar-refractivity contribution is -0.133. The van der Waals surface area contributed by atoms with Crippen LogP contribution in [0.1, 0.15) is 23.1 Å². The first-order valence-electron chi connectivity index (χ1n) is 9.95. The van der Waals surface area contributed by atoms with Crippen molar-refractivity contribution in [2.24, 2.45) is 0 Å². The summed E-state index contributed by atoms with van der Waals surface area (Å²) in [5.41, 5.74) is 4.10. The maximum Gasteiger partial charge on any atom is 0.222 e. The van der Waals surface area contributed by atoms with Gasteiger partial charge in [-0.3, -0.25) is 9.69 Å². The van der Waals surface area contributed by atoms with Crippen molar-refractivity contribution >= 4 is 5.91 Å². The van der Waals surface area contributed by atoms with Gasteiger partial charge in [-0.2, -0.15) is 0 Å². The third-order valence-corrected chi connectivity index (χ3v) is 6.01. The molecule has 2 aromatic carbocycles. The first kappa shape index (κ1) is 18.1. The van der Waals surface area contributed by atoms with E-state index in [9.17, 15) is 4.79 Å². The Morgan fingerprint density at radius 1 is 0.963 bits per heavy atom. The number of rotatable bonds is 5. The van der Waals surface area contributed by atoms with Crippen LogP contribution in [0, 0.1) is 0 Å². The van der Waals surface area contributed by atoms with Crippen molar-refractivity contribution < 1.29 is 9.53 Å². The Morgan fingerprint density at radius 2 is 1.59 bits per heavy atom. The van der Waals surface area contributed by atoms with Crippen molar-refractivity contribution in [3.8, 4) is 5.75 Å². The fraction of sp³-hybridized carbons (Fsp3) is 0.435. The summed E-state index contributed by atoms with van der Waals surface area (Å²) in [6, 6.07) is 17.4. The predicted molar refractivity (Wildman–Crippen MR) is 107 cm³/mol. The largest absolute Gasteiger partial charge is 0.496 e. The van der Waals surface area contributed by atoms with E-state index in [1.807, 2.05) is 29.2 Å². The summed E-state index contributed by atoms with van der Waals surface area (Å²) in [4.78, 5) is 17.3. The van der Waals surface area contributed by atoms with E-state index in [0.717, 1.165) is 56.8 Å². The Kier molecular flexibility index (Phi) is 5.44. The fourth-order valence-electron chi connectivity index (χ4n) is 4.44. The molecule has 0 radical (unpaired) electrons. The molecule has 27 heavy (non-hydrogen) atoms. The van der Waals surface area contributed by atoms with Gasteiger partial charge in [0.15, 0.2) is 0 Å². The smallest absolute Gasteiger partial charge is 0.222 e. The number of carbonyl (C=O) groups excluding carboxylic acids is 1. The Labute approximate surface area is 161 Å². The van der Waals surface area contributed by atoms with E-state index in [-0.39, 0.29) is 5.91 Å². The number of methoxy groups -OCH3 is 1. The number of hydrogen-bond acceptors (Lipinski definition) is 3. The lowest BCUT2D eigenvalue weighted by Gasteiger charge is -2.38. The number of nitrogens with zero attached hydrogens (tertiary/aromatic N) is 2. The van der Waals surface area contributed by atoms with Gasteiger partial charge in [-0.05, 0) is 42.0 Å². The van der Waals surface area contributed by atoms with E-state index in [4.69, 9.17) is 4.74 Å². The zero-order valence-electron chi connectivity index (χ0n) is 16.1. The van der Waals surface area contributed by atoms with Gasteiger partial charge in [0, 0.05) is 38.6 Å². The second-order valence-corrected chi connectivity index (χ2v) is 7.56. The average Bonchev–Trinajstić information content (AvgIpc) is 3.16. The molecule has 4 nitrogen and oxygen atoms in total. The van der Waals surface area contributed by atoms with E-state index in [0.29, 0.717) is 12.5 Å². The van der Waals surface area contributed by atoms with Crippen LogP contribution in [0.3, 0.4) is 0 Å². The van der Waals surface area contributed by atoms with Crippen molar-refractivity contribution in [1.82, 2.24) is 9.80 Å². The number of carbonyl (C=O) groups is 1. The third kappa shape index (κ3) is 4.01. The lowest BCUT2D eigenvalue weighted by atomic mass is 10.1. The van der Waals surface area contributed by atoms with Crippen LogP contribution < -0.4 is 4.74 Å². The van der Waals surface area contributed by atoms with Gasteiger partial charge in [-0.15, -0.1) is 0 Å². The van der Waals surface area contributed by atoms with E-state index >= 15 is 0 Å². The van der Waals surface area contributed by atoms with Gasteiger partial charge in [0.25, 0.3) is 0 Å². The molecule has 1 aliphatic carbocycles. The van der Waals surface area contributed by atoms with Gasteiger partial charge in [-0.25, -0.2) is 0 Å². The Hall–Kier alpha value is -2.33. The molecular weight excluding hydrogens is 336 g/mol. The van der Waals surface area contributed by atoms with E-state index in [1.54, 1.807) is 7.11 Å². The topological polar surface area (TPSA) is 32.8 Å². The molecule has 2 aliphatic rings. The molecule has 1 heterocycles. The average molecular weight is 364 g/mol. The van der Waals surface area contributed by atoms with E-state index in [2.05, 4.69) is 29.2 Å². The number of aryl methyl sites for hydroxylation is 1. The van der Waals surface area contributed by atoms with Crippen molar-refractivity contribution in [2.75, 3.05) is 33.3 Å². The van der Waals surface area contributed by atoms with Crippen LogP contribution in [0.5, 0.6) is 5.75 Å². The van der Waals surface area contributed by atoms with Crippen LogP contribution in [-0.4, -0.2) is 55.0 Å². The minimum absolute atomic E-state index is 0.260. The molecule has 0 N–H and O–H groups in total. The first-order valence-corrected chi connectivity index (χ1v) is 9.95. The summed E-state index contributed by atoms with van der Waals surface area (Å²) in [7, 11) is 1.68. The Bertz CT molecular complexity index is 771. The summed E-state index contributed by atoms with van der Waals surface area (Å²) in [6.45, 7) is 3.66. The van der Waals surface area contributed by atoms with E-state index < -0.39 is 0 Å². The molecule has 2 aromatic rings. The molecule has 0 spiro atoms. The summed E-state index contributed by atoms with van der Waals surface area (Å²) in [5.74, 6) is 1.13. The number of hydrogen-bond donors (Lipinski definition) is 0. The van der Waals surface area contributed by atoms with Gasteiger partial charge in [0.05, 0.1) is 7.11 Å². The van der Waals surface area contributed by atoms with Crippen molar-refractivity contribution in [1.29, 1.82) is 0 Å². The minimum atomic E-state index is 0.260. The van der Waals surface area contributed by atoms with Crippen molar-refractivity contribution in [3.05, 3.63) is 65.2 Å². The molecule has 4 heteroatoms. The summed E-state index contributed by atoms with van der Waals surface area (Å²) >= 11 is 0. The number of ether oxygens (including phenoxy) is 1. The standard InChI is InChI=1S/C23H28N2O2/c1-27-22-9-5-4-6-18(22)10-11-23(26)25-14-12-24(13-15-25)21-16-19-7-2-3-8-20(19)17-21/h2-9,21H,10-17H2,1H3. The molecule has 1 saturated heterocycles. The van der Waals surface area contributed by atoms with E-state index in [1.165, 1.54) is 11.1 Å². The number of fused-ring (bicyclic) bond motifs is 1. The molecule has 0 atom stereocenters. The zero-order valence-corrected chi connectivity index (χ0v) is 16.1. The normalized spacial score (nSPS) is 17.7. The summed E-state index contributed by atoms with van der Waals surface area (Å²) in [5, 5.41) is 0. The Morgan fingerprint density at radius 3 is 2.26 bits per heavy atom. The quantitative estimate of drug-likeness (QED) is 0.818. The maximum atomic E-state index is 12.6. The molecule has 0 aromatic heterocycles. The molecule has 0 unspecified atom stereocenters. The van der Waals surface area contributed by atoms with Crippen LogP contribution in [0.15, 0.2) is 48.5 Å². The molecule has 0 saturated carbocycles. The summed E-state index contributed by atoms with van der Waals surface area (Å²) < 4.78 is 5.39. The monoisotopic (exact) mass is 364 g/mol. The van der Waals surface area contributed by atoms with Gasteiger partial charge in [0.1, 0.15) is 5.75 Å². The lowest BCUT2D eigenvalue weighted by Crippen LogP contribution is -2.52. The SMILES string of the molecule is COc1ccccc1CCC(=O)N1CCN(C2Cc3ccccc3C2)CC1. The van der Waals surface area contributed by atoms with Gasteiger partial charge in [0.2, 0.25) is 5.91 Å². The summed E-state index contributed by atoms with van der Waals surface area (Å²) in [6.07, 6.45) is 3.59. The van der Waals surface area contributed by atoms with Crippen LogP contribution in [0.4, 0.5) is 0 Å². The minimum Gasteiger partial charge on any atom is -0.496 e. The zero-order chi connectivity index (χ0) is 18.6. The molecule has 1 aliphatic heterocycles. The molecule has 1 amide bonds. The third-order valence-electron chi connectivity index (χ3n) is 6.01. The second kappa shape index (κ2) is 8.13. The number of piperazine rings is 1. The van der Waals surface area contributed by atoms with Gasteiger partial charge < -0.3 is 9.64 Å². The van der Waals surface area contributed by atoms with Crippen molar-refractivity contribution in [3.63, 3.8) is 0 Å². The van der Waals surface area contributed by atoms with Crippen LogP contribution in [0.2, 0.25) is 0 Å². The number of para-hydroxylation sites is 1. The molecular formula is C23H28N2O2. The number of benzene rings is 2. The maximum absolute atomic E-state index is 12.6. The van der Waals surface area contributed by atoms with Crippen molar-refractivity contribution in [2.45, 2.75) is 31.7 Å². The highest BCUT2D eigenvalue weighted by Gasteiger charge is 2.30. The van der Waals surface area contributed by atoms with Crippen LogP contribution in [0.25, 0.3) is 0 Å². The van der Waals surface area contributed by atoms with Crippen LogP contribution >= 0.6 is 0 Å². The molecule has 4 rings (SSSR count). The highest BCUT2D eigenvalue weighted by molar-refractivity contribution is 5.76. The predicted octanol–water partition coefficient (Wildman–Crippen LogP) is 2.94. The van der Waals surface area contributed by atoms with Crippen LogP contribution in [-0.2, 0) is 24.1 Å². The second-order valence-electron chi connectivity index (χ2n) is 7.56. The fourth-order valence-corrected chi connectivity index (χ4v) is 4.44. The van der Waals surface area contributed by atoms with Gasteiger partial charge in [-0.1, -0.05) is 42.5 Å². The number of amides is 1. The Balaban J connectivity index is 1.26. The molecule has 142 valence electrons. The first-order chi connectivity index (χ1) is 13.2.